The molecule has 20 heavy (non-hydrogen) atoms. The molecule has 1 atom stereocenters. The van der Waals surface area contributed by atoms with Crippen LogP contribution in [0.5, 0.6) is 0 Å². The molecule has 128 valence electrons. The average Bonchev–Trinajstić information content (AvgIpc) is 1.93. The molecule has 0 aromatic heterocycles. The fourth-order valence-electron chi connectivity index (χ4n) is 0. The average molecular weight is 370 g/mol. The molecule has 0 bridgehead atoms. The molecule has 0 aliphatic heterocycles. The van der Waals surface area contributed by atoms with E-state index in [1.165, 1.54) is 6.92 Å². The van der Waals surface area contributed by atoms with Crippen LogP contribution in [-0.2, 0) is 13.7 Å². The van der Waals surface area contributed by atoms with Crippen LogP contribution in [0.2, 0.25) is 0 Å². The van der Waals surface area contributed by atoms with Gasteiger partial charge in [0.15, 0.2) is 0 Å². The Morgan fingerprint density at radius 1 is 0.700 bits per heavy atom. The van der Waals surface area contributed by atoms with Gasteiger partial charge in [-0.25, -0.2) is 13.7 Å². The summed E-state index contributed by atoms with van der Waals surface area (Å²) in [6.45, 7) is 1.39. The van der Waals surface area contributed by atoms with Crippen molar-refractivity contribution in [2.24, 2.45) is 0 Å². The van der Waals surface area contributed by atoms with Crippen LogP contribution in [0.4, 0.5) is 0 Å². The van der Waals surface area contributed by atoms with E-state index in [1.807, 2.05) is 0 Å². The fraction of sp³-hybridized carbons (Fsp3) is 1.00. The van der Waals surface area contributed by atoms with Crippen molar-refractivity contribution in [1.29, 1.82) is 0 Å². The summed E-state index contributed by atoms with van der Waals surface area (Å²) in [7, 11) is -13.9. The van der Waals surface area contributed by atoms with Gasteiger partial charge in [-0.05, 0) is 6.92 Å². The summed E-state index contributed by atoms with van der Waals surface area (Å²) in [6, 6.07) is 0. The number of rotatable bonds is 1. The maximum Gasteiger partial charge on any atom is 0.466 e. The summed E-state index contributed by atoms with van der Waals surface area (Å²) in [5.41, 5.74) is 0. The highest BCUT2D eigenvalue weighted by Crippen LogP contribution is 2.26. The molecule has 1 unspecified atom stereocenters. The first kappa shape index (κ1) is 28.4. The molecule has 0 aromatic carbocycles. The minimum Gasteiger partial charge on any atom is -0.394 e. The number of aliphatic hydroxyl groups is 2. The summed E-state index contributed by atoms with van der Waals surface area (Å²) in [5, 5.41) is 16.0. The summed E-state index contributed by atoms with van der Waals surface area (Å²) in [5.74, 6) is 0. The Labute approximate surface area is 112 Å². The fourth-order valence-corrected chi connectivity index (χ4v) is 0. The minimum atomic E-state index is -4.64. The molecule has 0 aliphatic carbocycles. The zero-order valence-electron chi connectivity index (χ0n) is 9.77. The zero-order chi connectivity index (χ0) is 17.8. The molecule has 0 saturated heterocycles. The maximum absolute atomic E-state index is 8.88. The lowest BCUT2D eigenvalue weighted by atomic mass is 10.5. The Bertz CT molecular complexity index is 259. The SMILES string of the molecule is CC(O)CO.O=P(O)(O)O.O=P(O)(O)O.O=P(O)(O)O. The van der Waals surface area contributed by atoms with Gasteiger partial charge in [0.25, 0.3) is 0 Å². The molecular weight excluding hydrogens is 353 g/mol. The van der Waals surface area contributed by atoms with Crippen LogP contribution in [0.3, 0.4) is 0 Å². The van der Waals surface area contributed by atoms with E-state index in [1.54, 1.807) is 0 Å². The van der Waals surface area contributed by atoms with Crippen molar-refractivity contribution in [2.45, 2.75) is 13.0 Å². The van der Waals surface area contributed by atoms with Gasteiger partial charge in [0.05, 0.1) is 12.7 Å². The molecule has 0 heterocycles. The van der Waals surface area contributed by atoms with Crippen LogP contribution in [0.25, 0.3) is 0 Å². The number of hydrogen-bond donors (Lipinski definition) is 11. The number of aliphatic hydroxyl groups excluding tert-OH is 2. The van der Waals surface area contributed by atoms with Crippen molar-refractivity contribution in [1.82, 2.24) is 0 Å². The molecular formula is C3H17O14P3. The lowest BCUT2D eigenvalue weighted by molar-refractivity contribution is 0.110. The van der Waals surface area contributed by atoms with Crippen molar-refractivity contribution in [3.8, 4) is 0 Å². The van der Waals surface area contributed by atoms with Gasteiger partial charge in [-0.2, -0.15) is 0 Å². The summed E-state index contributed by atoms with van der Waals surface area (Å²) in [4.78, 5) is 64.7. The third-order valence-corrected chi connectivity index (χ3v) is 0.264. The van der Waals surface area contributed by atoms with E-state index in [0.29, 0.717) is 0 Å². The summed E-state index contributed by atoms with van der Waals surface area (Å²) in [6.07, 6.45) is -0.560. The summed E-state index contributed by atoms with van der Waals surface area (Å²) < 4.78 is 26.6. The molecule has 0 rings (SSSR count). The van der Waals surface area contributed by atoms with Crippen LogP contribution in [-0.4, -0.2) is 67.0 Å². The highest BCUT2D eigenvalue weighted by atomic mass is 31.2. The lowest BCUT2D eigenvalue weighted by Gasteiger charge is -1.90. The Balaban J connectivity index is -0.0000000853. The first-order chi connectivity index (χ1) is 8.27. The second-order valence-electron chi connectivity index (χ2n) is 2.57. The highest BCUT2D eigenvalue weighted by molar-refractivity contribution is 7.45. The van der Waals surface area contributed by atoms with Crippen LogP contribution >= 0.6 is 23.5 Å². The van der Waals surface area contributed by atoms with Crippen LogP contribution in [0.1, 0.15) is 6.92 Å². The van der Waals surface area contributed by atoms with Gasteiger partial charge in [0.1, 0.15) is 0 Å². The standard InChI is InChI=1S/C3H8O2.3H3O4P/c1-3(5)2-4;3*1-5(2,3)4/h3-5H,2H2,1H3;3*(H3,1,2,3,4). The molecule has 0 aromatic rings. The van der Waals surface area contributed by atoms with Crippen LogP contribution < -0.4 is 0 Å². The molecule has 0 amide bonds. The molecule has 17 heteroatoms. The van der Waals surface area contributed by atoms with E-state index in [9.17, 15) is 0 Å². The molecule has 0 saturated carbocycles. The molecule has 0 aliphatic rings. The predicted octanol–water partition coefficient (Wildman–Crippen LogP) is -3.43. The first-order valence-corrected chi connectivity index (χ1v) is 8.60. The van der Waals surface area contributed by atoms with Crippen molar-refractivity contribution in [2.75, 3.05) is 6.61 Å². The minimum absolute atomic E-state index is 0.139. The van der Waals surface area contributed by atoms with Gasteiger partial charge in [-0.3, -0.25) is 0 Å². The molecule has 14 nitrogen and oxygen atoms in total. The van der Waals surface area contributed by atoms with E-state index in [2.05, 4.69) is 0 Å². The first-order valence-electron chi connectivity index (χ1n) is 3.91. The van der Waals surface area contributed by atoms with Crippen molar-refractivity contribution < 1.29 is 67.9 Å². The highest BCUT2D eigenvalue weighted by Gasteiger charge is 2.01. The molecule has 0 spiro atoms. The Kier molecular flexibility index (Phi) is 18.4. The van der Waals surface area contributed by atoms with Gasteiger partial charge in [0, 0.05) is 0 Å². The Morgan fingerprint density at radius 2 is 0.750 bits per heavy atom. The molecule has 0 radical (unpaired) electrons. The third kappa shape index (κ3) is 1070. The van der Waals surface area contributed by atoms with Crippen molar-refractivity contribution in [3.63, 3.8) is 0 Å². The Morgan fingerprint density at radius 3 is 0.750 bits per heavy atom. The maximum atomic E-state index is 8.88. The number of phosphoric acid groups is 3. The normalized spacial score (nSPS) is 12.6. The van der Waals surface area contributed by atoms with Gasteiger partial charge < -0.3 is 54.3 Å². The van der Waals surface area contributed by atoms with Crippen molar-refractivity contribution >= 4 is 23.5 Å². The predicted molar refractivity (Wildman–Crippen MR) is 61.6 cm³/mol. The topological polar surface area (TPSA) is 274 Å². The second kappa shape index (κ2) is 13.0. The largest absolute Gasteiger partial charge is 0.466 e. The van der Waals surface area contributed by atoms with E-state index in [-0.39, 0.29) is 6.61 Å². The summed E-state index contributed by atoms with van der Waals surface area (Å²) >= 11 is 0. The molecule has 11 N–H and O–H groups in total. The van der Waals surface area contributed by atoms with Gasteiger partial charge in [0.2, 0.25) is 0 Å². The lowest BCUT2D eigenvalue weighted by Crippen LogP contribution is -2.03. The zero-order valence-corrected chi connectivity index (χ0v) is 12.5. The van der Waals surface area contributed by atoms with Crippen molar-refractivity contribution in [3.05, 3.63) is 0 Å². The van der Waals surface area contributed by atoms with Crippen LogP contribution in [0.15, 0.2) is 0 Å². The van der Waals surface area contributed by atoms with E-state index >= 15 is 0 Å². The molecule has 0 fully saturated rings. The van der Waals surface area contributed by atoms with E-state index in [4.69, 9.17) is 67.9 Å². The van der Waals surface area contributed by atoms with E-state index < -0.39 is 29.6 Å². The second-order valence-corrected chi connectivity index (χ2v) is 5.65. The smallest absolute Gasteiger partial charge is 0.394 e. The Hall–Kier alpha value is 0.250. The third-order valence-electron chi connectivity index (χ3n) is 0.264. The number of hydrogen-bond acceptors (Lipinski definition) is 5. The van der Waals surface area contributed by atoms with E-state index in [0.717, 1.165) is 0 Å². The monoisotopic (exact) mass is 370 g/mol. The quantitative estimate of drug-likeness (QED) is 0.200. The van der Waals surface area contributed by atoms with Gasteiger partial charge >= 0.3 is 23.5 Å². The van der Waals surface area contributed by atoms with Gasteiger partial charge in [-0.15, -0.1) is 0 Å². The van der Waals surface area contributed by atoms with Crippen LogP contribution in [0, 0.1) is 0 Å². The van der Waals surface area contributed by atoms with Gasteiger partial charge in [-0.1, -0.05) is 0 Å².